The van der Waals surface area contributed by atoms with Gasteiger partial charge in [0.25, 0.3) is 0 Å². The van der Waals surface area contributed by atoms with E-state index in [0.717, 1.165) is 30.5 Å². The summed E-state index contributed by atoms with van der Waals surface area (Å²) < 4.78 is 38.1. The Balaban J connectivity index is 1.98. The molecule has 0 atom stereocenters. The largest absolute Gasteiger partial charge is 0.416 e. The van der Waals surface area contributed by atoms with Crippen molar-refractivity contribution in [2.75, 3.05) is 0 Å². The van der Waals surface area contributed by atoms with Crippen LogP contribution in [-0.4, -0.2) is 4.98 Å². The third-order valence-corrected chi connectivity index (χ3v) is 3.68. The van der Waals surface area contributed by atoms with E-state index in [0.29, 0.717) is 22.3 Å². The number of benzene rings is 1. The summed E-state index contributed by atoms with van der Waals surface area (Å²) in [6.45, 7) is 0. The highest BCUT2D eigenvalue weighted by Crippen LogP contribution is 2.43. The van der Waals surface area contributed by atoms with Crippen LogP contribution < -0.4 is 0 Å². The van der Waals surface area contributed by atoms with E-state index >= 15 is 0 Å². The SMILES string of the molecule is FC(F)(F)c1cccc(-c2ccc(C3CC3)c(Cl)n2)c1. The highest BCUT2D eigenvalue weighted by atomic mass is 35.5. The van der Waals surface area contributed by atoms with E-state index in [9.17, 15) is 13.2 Å². The molecular weight excluding hydrogens is 287 g/mol. The zero-order valence-electron chi connectivity index (χ0n) is 10.4. The van der Waals surface area contributed by atoms with Crippen molar-refractivity contribution < 1.29 is 13.2 Å². The highest BCUT2D eigenvalue weighted by Gasteiger charge is 2.31. The molecule has 1 nitrogen and oxygen atoms in total. The van der Waals surface area contributed by atoms with E-state index in [1.54, 1.807) is 12.1 Å². The first-order chi connectivity index (χ1) is 9.45. The molecule has 1 heterocycles. The predicted octanol–water partition coefficient (Wildman–Crippen LogP) is 5.30. The lowest BCUT2D eigenvalue weighted by Gasteiger charge is -2.09. The molecule has 1 aliphatic carbocycles. The van der Waals surface area contributed by atoms with Crippen LogP contribution in [0.1, 0.15) is 29.9 Å². The fourth-order valence-corrected chi connectivity index (χ4v) is 2.47. The average molecular weight is 298 g/mol. The topological polar surface area (TPSA) is 12.9 Å². The van der Waals surface area contributed by atoms with Gasteiger partial charge in [-0.25, -0.2) is 4.98 Å². The summed E-state index contributed by atoms with van der Waals surface area (Å²) in [6.07, 6.45) is -2.15. The molecule has 0 amide bonds. The summed E-state index contributed by atoms with van der Waals surface area (Å²) in [7, 11) is 0. The van der Waals surface area contributed by atoms with E-state index in [1.807, 2.05) is 6.07 Å². The van der Waals surface area contributed by atoms with Crippen LogP contribution in [0, 0.1) is 0 Å². The molecule has 2 aromatic rings. The van der Waals surface area contributed by atoms with Crippen LogP contribution in [0.4, 0.5) is 13.2 Å². The number of pyridine rings is 1. The molecule has 0 aliphatic heterocycles. The van der Waals surface area contributed by atoms with Crippen LogP contribution in [-0.2, 0) is 6.18 Å². The molecule has 1 fully saturated rings. The predicted molar refractivity (Wildman–Crippen MR) is 71.7 cm³/mol. The van der Waals surface area contributed by atoms with Crippen molar-refractivity contribution in [1.82, 2.24) is 4.98 Å². The Hall–Kier alpha value is -1.55. The molecule has 0 unspecified atom stereocenters. The van der Waals surface area contributed by atoms with Gasteiger partial charge in [-0.15, -0.1) is 0 Å². The molecule has 0 saturated heterocycles. The number of rotatable bonds is 2. The van der Waals surface area contributed by atoms with Gasteiger partial charge in [-0.1, -0.05) is 29.8 Å². The molecule has 1 aromatic heterocycles. The number of halogens is 4. The molecule has 5 heteroatoms. The first kappa shape index (κ1) is 13.4. The summed E-state index contributed by atoms with van der Waals surface area (Å²) in [5.41, 5.74) is 1.19. The Bertz CT molecular complexity index is 648. The van der Waals surface area contributed by atoms with Crippen molar-refractivity contribution in [3.05, 3.63) is 52.7 Å². The van der Waals surface area contributed by atoms with Gasteiger partial charge in [0.15, 0.2) is 0 Å². The fraction of sp³-hybridized carbons (Fsp3) is 0.267. The molecule has 0 spiro atoms. The zero-order chi connectivity index (χ0) is 14.3. The molecule has 3 rings (SSSR count). The van der Waals surface area contributed by atoms with Crippen molar-refractivity contribution in [3.63, 3.8) is 0 Å². The molecule has 1 saturated carbocycles. The zero-order valence-corrected chi connectivity index (χ0v) is 11.2. The summed E-state index contributed by atoms with van der Waals surface area (Å²) in [6, 6.07) is 8.71. The lowest BCUT2D eigenvalue weighted by atomic mass is 10.1. The summed E-state index contributed by atoms with van der Waals surface area (Å²) in [5.74, 6) is 0.463. The molecule has 0 N–H and O–H groups in total. The second-order valence-corrected chi connectivity index (χ2v) is 5.29. The maximum Gasteiger partial charge on any atom is 0.416 e. The minimum Gasteiger partial charge on any atom is -0.236 e. The number of hydrogen-bond acceptors (Lipinski definition) is 1. The van der Waals surface area contributed by atoms with E-state index in [1.165, 1.54) is 6.07 Å². The monoisotopic (exact) mass is 297 g/mol. The molecular formula is C15H11ClF3N. The molecule has 1 aliphatic rings. The molecule has 0 bridgehead atoms. The number of hydrogen-bond donors (Lipinski definition) is 0. The maximum atomic E-state index is 12.7. The first-order valence-electron chi connectivity index (χ1n) is 6.29. The van der Waals surface area contributed by atoms with Gasteiger partial charge in [0.05, 0.1) is 11.3 Å². The van der Waals surface area contributed by atoms with Crippen molar-refractivity contribution >= 4 is 11.6 Å². The Kier molecular flexibility index (Phi) is 3.21. The normalized spacial score (nSPS) is 15.4. The van der Waals surface area contributed by atoms with Gasteiger partial charge in [0.2, 0.25) is 0 Å². The Morgan fingerprint density at radius 2 is 1.85 bits per heavy atom. The van der Waals surface area contributed by atoms with Crippen molar-refractivity contribution in [1.29, 1.82) is 0 Å². The number of nitrogens with zero attached hydrogens (tertiary/aromatic N) is 1. The molecule has 20 heavy (non-hydrogen) atoms. The smallest absolute Gasteiger partial charge is 0.236 e. The summed E-state index contributed by atoms with van der Waals surface area (Å²) >= 11 is 6.11. The van der Waals surface area contributed by atoms with Crippen molar-refractivity contribution in [3.8, 4) is 11.3 Å². The fourth-order valence-electron chi connectivity index (χ4n) is 2.16. The van der Waals surface area contributed by atoms with Crippen LogP contribution in [0.2, 0.25) is 5.15 Å². The minimum absolute atomic E-state index is 0.391. The van der Waals surface area contributed by atoms with Gasteiger partial charge in [-0.2, -0.15) is 13.2 Å². The first-order valence-corrected chi connectivity index (χ1v) is 6.67. The second kappa shape index (κ2) is 4.77. The van der Waals surface area contributed by atoms with Gasteiger partial charge in [0, 0.05) is 5.56 Å². The Morgan fingerprint density at radius 3 is 2.45 bits per heavy atom. The standard InChI is InChI=1S/C15H11ClF3N/c16-14-12(9-4-5-9)6-7-13(20-14)10-2-1-3-11(8-10)15(17,18)19/h1-3,6-9H,4-5H2. The molecule has 1 aromatic carbocycles. The third kappa shape index (κ3) is 2.66. The van der Waals surface area contributed by atoms with Crippen LogP contribution in [0.15, 0.2) is 36.4 Å². The summed E-state index contributed by atoms with van der Waals surface area (Å²) in [4.78, 5) is 4.23. The lowest BCUT2D eigenvalue weighted by molar-refractivity contribution is -0.137. The van der Waals surface area contributed by atoms with Gasteiger partial charge in [-0.3, -0.25) is 0 Å². The highest BCUT2D eigenvalue weighted by molar-refractivity contribution is 6.30. The van der Waals surface area contributed by atoms with Gasteiger partial charge in [0.1, 0.15) is 5.15 Å². The van der Waals surface area contributed by atoms with Crippen molar-refractivity contribution in [2.45, 2.75) is 24.9 Å². The van der Waals surface area contributed by atoms with E-state index < -0.39 is 11.7 Å². The van der Waals surface area contributed by atoms with Crippen molar-refractivity contribution in [2.24, 2.45) is 0 Å². The van der Waals surface area contributed by atoms with Crippen LogP contribution in [0.5, 0.6) is 0 Å². The quantitative estimate of drug-likeness (QED) is 0.686. The van der Waals surface area contributed by atoms with Crippen LogP contribution >= 0.6 is 11.6 Å². The van der Waals surface area contributed by atoms with E-state index in [4.69, 9.17) is 11.6 Å². The molecule has 104 valence electrons. The molecule has 0 radical (unpaired) electrons. The lowest BCUT2D eigenvalue weighted by Crippen LogP contribution is -2.04. The Morgan fingerprint density at radius 1 is 1.10 bits per heavy atom. The van der Waals surface area contributed by atoms with E-state index in [2.05, 4.69) is 4.98 Å². The number of alkyl halides is 3. The number of aromatic nitrogens is 1. The van der Waals surface area contributed by atoms with Gasteiger partial charge >= 0.3 is 6.18 Å². The summed E-state index contributed by atoms with van der Waals surface area (Å²) in [5, 5.41) is 0.391. The minimum atomic E-state index is -4.35. The third-order valence-electron chi connectivity index (χ3n) is 3.38. The van der Waals surface area contributed by atoms with Crippen LogP contribution in [0.3, 0.4) is 0 Å². The second-order valence-electron chi connectivity index (χ2n) is 4.93. The van der Waals surface area contributed by atoms with Gasteiger partial charge in [-0.05, 0) is 42.5 Å². The van der Waals surface area contributed by atoms with Gasteiger partial charge < -0.3 is 0 Å². The van der Waals surface area contributed by atoms with E-state index in [-0.39, 0.29) is 0 Å². The average Bonchev–Trinajstić information content (AvgIpc) is 3.22. The maximum absolute atomic E-state index is 12.7. The Labute approximate surface area is 119 Å². The van der Waals surface area contributed by atoms with Crippen LogP contribution in [0.25, 0.3) is 11.3 Å².